The maximum absolute atomic E-state index is 12.5. The van der Waals surface area contributed by atoms with Crippen LogP contribution in [-0.4, -0.2) is 37.9 Å². The lowest BCUT2D eigenvalue weighted by Crippen LogP contribution is -2.17. The third-order valence-corrected chi connectivity index (χ3v) is 5.88. The number of hydrogen-bond donors (Lipinski definition) is 1. The third kappa shape index (κ3) is 6.58. The van der Waals surface area contributed by atoms with Crippen molar-refractivity contribution in [1.29, 1.82) is 0 Å². The minimum Gasteiger partial charge on any atom is -0.490 e. The number of hydrogen-bond acceptors (Lipinski definition) is 7. The van der Waals surface area contributed by atoms with Gasteiger partial charge in [0.2, 0.25) is 0 Å². The number of esters is 1. The summed E-state index contributed by atoms with van der Waals surface area (Å²) in [4.78, 5) is 24.0. The number of amides is 1. The minimum absolute atomic E-state index is 0.123. The topological polar surface area (TPSA) is 99.4 Å². The van der Waals surface area contributed by atoms with Crippen molar-refractivity contribution in [3.63, 3.8) is 0 Å². The second kappa shape index (κ2) is 11.7. The van der Waals surface area contributed by atoms with Gasteiger partial charge < -0.3 is 18.6 Å². The summed E-state index contributed by atoms with van der Waals surface area (Å²) in [5, 5.41) is 4.78. The van der Waals surface area contributed by atoms with Gasteiger partial charge in [0, 0.05) is 19.9 Å². The molecule has 0 aliphatic carbocycles. The fourth-order valence-corrected chi connectivity index (χ4v) is 4.54. The van der Waals surface area contributed by atoms with Gasteiger partial charge in [-0.1, -0.05) is 15.9 Å². The lowest BCUT2D eigenvalue weighted by molar-refractivity contribution is -0.145. The highest BCUT2D eigenvalue weighted by molar-refractivity contribution is 9.11. The molecule has 1 heterocycles. The van der Waals surface area contributed by atoms with Crippen LogP contribution in [0.1, 0.15) is 30.0 Å². The quantitative estimate of drug-likeness (QED) is 0.179. The molecule has 3 aromatic rings. The van der Waals surface area contributed by atoms with Crippen molar-refractivity contribution in [3.05, 3.63) is 55.1 Å². The van der Waals surface area contributed by atoms with Crippen molar-refractivity contribution in [1.82, 2.24) is 5.43 Å². The summed E-state index contributed by atoms with van der Waals surface area (Å²) in [6, 6.07) is 8.65. The minimum atomic E-state index is -0.499. The lowest BCUT2D eigenvalue weighted by atomic mass is 10.2. The summed E-state index contributed by atoms with van der Waals surface area (Å²) in [7, 11) is 0. The smallest absolute Gasteiger partial charge is 0.344 e. The van der Waals surface area contributed by atoms with E-state index in [-0.39, 0.29) is 19.0 Å². The van der Waals surface area contributed by atoms with Gasteiger partial charge in [-0.3, -0.25) is 4.79 Å². The number of hydrazone groups is 1. The van der Waals surface area contributed by atoms with Crippen LogP contribution >= 0.6 is 47.8 Å². The van der Waals surface area contributed by atoms with Crippen LogP contribution in [0.3, 0.4) is 0 Å². The zero-order valence-electron chi connectivity index (χ0n) is 17.6. The molecule has 8 nitrogen and oxygen atoms in total. The third-order valence-electron chi connectivity index (χ3n) is 4.14. The molecule has 1 amide bonds. The molecular formula is C22H19Br3N2O6. The second-order valence-electron chi connectivity index (χ2n) is 6.46. The van der Waals surface area contributed by atoms with Crippen molar-refractivity contribution in [2.45, 2.75) is 13.8 Å². The molecule has 2 aromatic carbocycles. The summed E-state index contributed by atoms with van der Waals surface area (Å²) < 4.78 is 23.8. The van der Waals surface area contributed by atoms with Crippen molar-refractivity contribution in [2.24, 2.45) is 5.10 Å². The maximum Gasteiger partial charge on any atom is 0.344 e. The van der Waals surface area contributed by atoms with E-state index in [1.165, 1.54) is 6.21 Å². The van der Waals surface area contributed by atoms with E-state index in [1.807, 2.05) is 19.1 Å². The number of carbonyl (C=O) groups excluding carboxylic acids is 2. The Morgan fingerprint density at radius 2 is 1.76 bits per heavy atom. The Morgan fingerprint density at radius 3 is 2.48 bits per heavy atom. The molecular weight excluding hydrogens is 628 g/mol. The van der Waals surface area contributed by atoms with Crippen molar-refractivity contribution in [3.8, 4) is 11.5 Å². The molecule has 0 aliphatic heterocycles. The Bertz CT molecular complexity index is 1210. The van der Waals surface area contributed by atoms with Gasteiger partial charge in [-0.2, -0.15) is 5.10 Å². The first-order valence-electron chi connectivity index (χ1n) is 9.79. The molecule has 1 N–H and O–H groups in total. The molecule has 0 fully saturated rings. The highest BCUT2D eigenvalue weighted by Crippen LogP contribution is 2.33. The van der Waals surface area contributed by atoms with E-state index >= 15 is 0 Å². The van der Waals surface area contributed by atoms with Gasteiger partial charge in [-0.05, 0) is 76.0 Å². The summed E-state index contributed by atoms with van der Waals surface area (Å²) in [6.45, 7) is 3.97. The van der Waals surface area contributed by atoms with Crippen LogP contribution in [0.15, 0.2) is 53.3 Å². The number of ether oxygens (including phenoxy) is 3. The van der Waals surface area contributed by atoms with E-state index in [2.05, 4.69) is 58.3 Å². The fraction of sp³-hybridized carbons (Fsp3) is 0.227. The molecule has 0 saturated heterocycles. The number of nitrogens with one attached hydrogen (secondary N) is 1. The zero-order valence-corrected chi connectivity index (χ0v) is 22.4. The fourth-order valence-electron chi connectivity index (χ4n) is 2.77. The van der Waals surface area contributed by atoms with Gasteiger partial charge in [-0.15, -0.1) is 0 Å². The molecule has 1 aromatic heterocycles. The first-order chi connectivity index (χ1) is 15.8. The molecule has 3 rings (SSSR count). The number of benzene rings is 2. The first kappa shape index (κ1) is 25.3. The van der Waals surface area contributed by atoms with Gasteiger partial charge in [-0.25, -0.2) is 10.2 Å². The van der Waals surface area contributed by atoms with Crippen LogP contribution in [0.25, 0.3) is 11.0 Å². The van der Waals surface area contributed by atoms with Gasteiger partial charge in [0.05, 0.1) is 23.9 Å². The van der Waals surface area contributed by atoms with Crippen molar-refractivity contribution < 1.29 is 28.2 Å². The number of rotatable bonds is 9. The highest BCUT2D eigenvalue weighted by atomic mass is 79.9. The molecule has 0 atom stereocenters. The van der Waals surface area contributed by atoms with Crippen LogP contribution in [0.4, 0.5) is 0 Å². The number of nitrogens with zero attached hydrogens (tertiary/aromatic N) is 1. The molecule has 0 unspecified atom stereocenters. The summed E-state index contributed by atoms with van der Waals surface area (Å²) in [5.41, 5.74) is 3.63. The summed E-state index contributed by atoms with van der Waals surface area (Å²) >= 11 is 10.3. The molecule has 0 saturated carbocycles. The monoisotopic (exact) mass is 644 g/mol. The van der Waals surface area contributed by atoms with E-state index in [1.54, 1.807) is 25.1 Å². The van der Waals surface area contributed by atoms with Gasteiger partial charge in [0.1, 0.15) is 5.58 Å². The Kier molecular flexibility index (Phi) is 8.93. The SMILES string of the molecule is CCOC(=O)COc1cc(Br)c(/C=N\NC(=O)c2cc3cc(Br)cc(Br)c3o2)cc1OCC. The van der Waals surface area contributed by atoms with E-state index in [0.29, 0.717) is 33.7 Å². The predicted octanol–water partition coefficient (Wildman–Crippen LogP) is 5.82. The van der Waals surface area contributed by atoms with Crippen LogP contribution in [0.2, 0.25) is 0 Å². The first-order valence-corrected chi connectivity index (χ1v) is 12.2. The normalized spacial score (nSPS) is 11.1. The molecule has 33 heavy (non-hydrogen) atoms. The van der Waals surface area contributed by atoms with E-state index in [9.17, 15) is 9.59 Å². The molecule has 174 valence electrons. The molecule has 0 radical (unpaired) electrons. The molecule has 0 spiro atoms. The standard InChI is InChI=1S/C22H19Br3N2O6/c1-3-30-17-7-13(15(24)9-18(17)32-11-20(28)31-4-2)10-26-27-22(29)19-6-12-5-14(23)8-16(25)21(12)33-19/h5-10H,3-4,11H2,1-2H3,(H,27,29)/b26-10-. The molecule has 0 bridgehead atoms. The molecule has 11 heteroatoms. The lowest BCUT2D eigenvalue weighted by Gasteiger charge is -2.13. The Balaban J connectivity index is 1.73. The van der Waals surface area contributed by atoms with Crippen LogP contribution in [-0.2, 0) is 9.53 Å². The Hall–Kier alpha value is -2.37. The highest BCUT2D eigenvalue weighted by Gasteiger charge is 2.15. The van der Waals surface area contributed by atoms with Crippen LogP contribution in [0, 0.1) is 0 Å². The van der Waals surface area contributed by atoms with E-state index in [0.717, 1.165) is 14.3 Å². The van der Waals surface area contributed by atoms with Crippen LogP contribution < -0.4 is 14.9 Å². The number of carbonyl (C=O) groups is 2. The summed E-state index contributed by atoms with van der Waals surface area (Å²) in [5.74, 6) is -0.0596. The average molecular weight is 647 g/mol. The van der Waals surface area contributed by atoms with Crippen molar-refractivity contribution >= 4 is 76.9 Å². The predicted molar refractivity (Wildman–Crippen MR) is 134 cm³/mol. The van der Waals surface area contributed by atoms with E-state index < -0.39 is 11.9 Å². The van der Waals surface area contributed by atoms with E-state index in [4.69, 9.17) is 18.6 Å². The second-order valence-corrected chi connectivity index (χ2v) is 9.09. The Labute approximate surface area is 215 Å². The average Bonchev–Trinajstić information content (AvgIpc) is 3.19. The van der Waals surface area contributed by atoms with Gasteiger partial charge in [0.15, 0.2) is 23.9 Å². The Morgan fingerprint density at radius 1 is 1.00 bits per heavy atom. The largest absolute Gasteiger partial charge is 0.490 e. The number of halogens is 3. The molecule has 0 aliphatic rings. The van der Waals surface area contributed by atoms with Gasteiger partial charge in [0.25, 0.3) is 0 Å². The summed E-state index contributed by atoms with van der Waals surface area (Å²) in [6.07, 6.45) is 1.45. The number of fused-ring (bicyclic) bond motifs is 1. The van der Waals surface area contributed by atoms with Crippen molar-refractivity contribution in [2.75, 3.05) is 19.8 Å². The zero-order chi connectivity index (χ0) is 24.0. The van der Waals surface area contributed by atoms with Crippen LogP contribution in [0.5, 0.6) is 11.5 Å². The number of furan rings is 1. The maximum atomic E-state index is 12.5. The van der Waals surface area contributed by atoms with Gasteiger partial charge >= 0.3 is 11.9 Å².